The van der Waals surface area contributed by atoms with Crippen LogP contribution < -0.4 is 9.47 Å². The van der Waals surface area contributed by atoms with Gasteiger partial charge in [-0.05, 0) is 24.5 Å². The van der Waals surface area contributed by atoms with E-state index in [0.717, 1.165) is 57.6 Å². The molecule has 0 saturated heterocycles. The number of methoxy groups -OCH3 is 1. The molecule has 122 valence electrons. The average molecular weight is 314 g/mol. The molecule has 0 aliphatic carbocycles. The third kappa shape index (κ3) is 2.71. The van der Waals surface area contributed by atoms with Crippen molar-refractivity contribution < 1.29 is 14.7 Å². The van der Waals surface area contributed by atoms with Crippen LogP contribution in [0.4, 0.5) is 0 Å². The molecule has 2 heterocycles. The normalized spacial score (nSPS) is 11.7. The fourth-order valence-corrected chi connectivity index (χ4v) is 3.08. The van der Waals surface area contributed by atoms with Crippen molar-refractivity contribution >= 4 is 21.9 Å². The third-order valence-corrected chi connectivity index (χ3v) is 4.05. The van der Waals surface area contributed by atoms with E-state index in [1.807, 2.05) is 18.2 Å². The summed E-state index contributed by atoms with van der Waals surface area (Å²) in [5, 5.41) is 11.3. The van der Waals surface area contributed by atoms with E-state index in [4.69, 9.17) is 9.72 Å². The second kappa shape index (κ2) is 6.07. The molecule has 0 spiro atoms. The maximum absolute atomic E-state index is 10.3. The van der Waals surface area contributed by atoms with E-state index in [0.29, 0.717) is 5.92 Å². The van der Waals surface area contributed by atoms with Crippen molar-refractivity contribution in [3.63, 3.8) is 0 Å². The number of aromatic nitrogens is 3. The van der Waals surface area contributed by atoms with Crippen molar-refractivity contribution in [3.8, 4) is 5.75 Å². The summed E-state index contributed by atoms with van der Waals surface area (Å²) in [7, 11) is 1.63. The van der Waals surface area contributed by atoms with Gasteiger partial charge in [-0.2, -0.15) is 0 Å². The maximum Gasteiger partial charge on any atom is 0.270 e. The molecule has 0 saturated carbocycles. The van der Waals surface area contributed by atoms with Crippen LogP contribution in [0.1, 0.15) is 33.0 Å². The SMILES string of the molecule is CCCc1nc2c[n+](O)c3cc(OC)ccc3c2n1CC(C)C. The van der Waals surface area contributed by atoms with Crippen molar-refractivity contribution in [3.05, 3.63) is 30.2 Å². The zero-order valence-electron chi connectivity index (χ0n) is 14.2. The minimum Gasteiger partial charge on any atom is -0.497 e. The quantitative estimate of drug-likeness (QED) is 0.580. The Bertz CT molecular complexity index is 852. The molecule has 0 atom stereocenters. The van der Waals surface area contributed by atoms with Gasteiger partial charge in [0.25, 0.3) is 11.7 Å². The van der Waals surface area contributed by atoms with Gasteiger partial charge < -0.3 is 9.30 Å². The van der Waals surface area contributed by atoms with Gasteiger partial charge in [-0.1, -0.05) is 20.8 Å². The molecule has 23 heavy (non-hydrogen) atoms. The highest BCUT2D eigenvalue weighted by molar-refractivity contribution is 6.01. The number of imidazole rings is 1. The highest BCUT2D eigenvalue weighted by Crippen LogP contribution is 2.27. The molecule has 2 aromatic heterocycles. The van der Waals surface area contributed by atoms with Gasteiger partial charge in [0.15, 0.2) is 5.52 Å². The van der Waals surface area contributed by atoms with Crippen molar-refractivity contribution in [2.45, 2.75) is 40.2 Å². The van der Waals surface area contributed by atoms with E-state index in [-0.39, 0.29) is 0 Å². The highest BCUT2D eigenvalue weighted by Gasteiger charge is 2.21. The molecule has 0 unspecified atom stereocenters. The van der Waals surface area contributed by atoms with Crippen molar-refractivity contribution in [2.75, 3.05) is 7.11 Å². The van der Waals surface area contributed by atoms with Gasteiger partial charge in [0, 0.05) is 17.7 Å². The Kier molecular flexibility index (Phi) is 4.11. The van der Waals surface area contributed by atoms with Gasteiger partial charge in [0.1, 0.15) is 11.6 Å². The molecule has 0 aliphatic heterocycles. The molecule has 0 radical (unpaired) electrons. The minimum atomic E-state index is 0.526. The molecule has 5 heteroatoms. The monoisotopic (exact) mass is 314 g/mol. The first-order valence-corrected chi connectivity index (χ1v) is 8.16. The Balaban J connectivity index is 2.36. The Morgan fingerprint density at radius 1 is 1.35 bits per heavy atom. The first-order chi connectivity index (χ1) is 11.0. The molecule has 0 aliphatic rings. The summed E-state index contributed by atoms with van der Waals surface area (Å²) >= 11 is 0. The van der Waals surface area contributed by atoms with Gasteiger partial charge in [0.05, 0.1) is 24.1 Å². The van der Waals surface area contributed by atoms with Gasteiger partial charge in [-0.15, -0.1) is 0 Å². The summed E-state index contributed by atoms with van der Waals surface area (Å²) in [6.07, 6.45) is 3.67. The number of hydrogen-bond donors (Lipinski definition) is 1. The summed E-state index contributed by atoms with van der Waals surface area (Å²) in [6.45, 7) is 7.50. The van der Waals surface area contributed by atoms with Gasteiger partial charge >= 0.3 is 0 Å². The highest BCUT2D eigenvalue weighted by atomic mass is 16.5. The Labute approximate surface area is 136 Å². The molecule has 3 aromatic rings. The number of benzene rings is 1. The number of fused-ring (bicyclic) bond motifs is 3. The average Bonchev–Trinajstić information content (AvgIpc) is 2.84. The van der Waals surface area contributed by atoms with Crippen molar-refractivity contribution in [1.82, 2.24) is 9.55 Å². The molecule has 5 nitrogen and oxygen atoms in total. The van der Waals surface area contributed by atoms with E-state index in [1.54, 1.807) is 13.3 Å². The first-order valence-electron chi connectivity index (χ1n) is 8.16. The van der Waals surface area contributed by atoms with Crippen LogP contribution in [0.3, 0.4) is 0 Å². The minimum absolute atomic E-state index is 0.526. The lowest BCUT2D eigenvalue weighted by Gasteiger charge is -2.12. The molecular formula is C18H24N3O2+. The topological polar surface area (TPSA) is 51.2 Å². The van der Waals surface area contributed by atoms with Crippen molar-refractivity contribution in [1.29, 1.82) is 0 Å². The van der Waals surface area contributed by atoms with Crippen LogP contribution in [0.2, 0.25) is 0 Å². The van der Waals surface area contributed by atoms with Crippen LogP contribution in [-0.4, -0.2) is 21.9 Å². The van der Waals surface area contributed by atoms with E-state index >= 15 is 0 Å². The van der Waals surface area contributed by atoms with Crippen LogP contribution in [0.25, 0.3) is 21.9 Å². The molecule has 0 fully saturated rings. The van der Waals surface area contributed by atoms with Crippen molar-refractivity contribution in [2.24, 2.45) is 5.92 Å². The fraction of sp³-hybridized carbons (Fsp3) is 0.444. The predicted octanol–water partition coefficient (Wildman–Crippen LogP) is 3.33. The number of pyridine rings is 1. The lowest BCUT2D eigenvalue weighted by molar-refractivity contribution is -0.883. The number of ether oxygens (including phenoxy) is 1. The third-order valence-electron chi connectivity index (χ3n) is 4.05. The van der Waals surface area contributed by atoms with Crippen LogP contribution >= 0.6 is 0 Å². The Morgan fingerprint density at radius 3 is 2.78 bits per heavy atom. The molecule has 0 amide bonds. The van der Waals surface area contributed by atoms with Gasteiger partial charge in [-0.3, -0.25) is 5.21 Å². The number of aryl methyl sites for hydroxylation is 1. The lowest BCUT2D eigenvalue weighted by atomic mass is 10.1. The fourth-order valence-electron chi connectivity index (χ4n) is 3.08. The number of nitrogens with zero attached hydrogens (tertiary/aromatic N) is 3. The molecular weight excluding hydrogens is 290 g/mol. The summed E-state index contributed by atoms with van der Waals surface area (Å²) in [6, 6.07) is 5.77. The second-order valence-electron chi connectivity index (χ2n) is 6.37. The van der Waals surface area contributed by atoms with Crippen LogP contribution in [0.5, 0.6) is 5.75 Å². The number of rotatable bonds is 5. The zero-order chi connectivity index (χ0) is 16.6. The largest absolute Gasteiger partial charge is 0.497 e. The predicted molar refractivity (Wildman–Crippen MR) is 90.0 cm³/mol. The summed E-state index contributed by atoms with van der Waals surface area (Å²) in [4.78, 5) is 4.76. The number of hydrogen-bond acceptors (Lipinski definition) is 3. The summed E-state index contributed by atoms with van der Waals surface area (Å²) in [5.41, 5.74) is 2.64. The van der Waals surface area contributed by atoms with Crippen LogP contribution in [0.15, 0.2) is 24.4 Å². The first kappa shape index (κ1) is 15.6. The Morgan fingerprint density at radius 2 is 2.13 bits per heavy atom. The van der Waals surface area contributed by atoms with Crippen LogP contribution in [0, 0.1) is 5.92 Å². The molecule has 1 aromatic carbocycles. The molecule has 3 rings (SSSR count). The summed E-state index contributed by atoms with van der Waals surface area (Å²) in [5.74, 6) is 2.33. The maximum atomic E-state index is 10.3. The van der Waals surface area contributed by atoms with E-state index in [2.05, 4.69) is 25.3 Å². The van der Waals surface area contributed by atoms with Gasteiger partial charge in [-0.25, -0.2) is 4.98 Å². The lowest BCUT2D eigenvalue weighted by Crippen LogP contribution is -2.30. The standard InChI is InChI=1S/C18H24N3O2/c1-5-6-17-19-15-11-21(22)16-9-13(23-4)7-8-14(16)18(15)20(17)10-12(2)3/h7-9,11-12,22H,5-6,10H2,1-4H3/q+1. The van der Waals surface area contributed by atoms with Crippen LogP contribution in [-0.2, 0) is 13.0 Å². The van der Waals surface area contributed by atoms with E-state index < -0.39 is 0 Å². The zero-order valence-corrected chi connectivity index (χ0v) is 14.2. The summed E-state index contributed by atoms with van der Waals surface area (Å²) < 4.78 is 8.73. The van der Waals surface area contributed by atoms with Gasteiger partial charge in [0.2, 0.25) is 0 Å². The Hall–Kier alpha value is -2.30. The second-order valence-corrected chi connectivity index (χ2v) is 6.37. The smallest absolute Gasteiger partial charge is 0.270 e. The van der Waals surface area contributed by atoms with E-state index in [9.17, 15) is 5.21 Å². The molecule has 0 bridgehead atoms. The van der Waals surface area contributed by atoms with E-state index in [1.165, 1.54) is 0 Å². The molecule has 1 N–H and O–H groups in total.